The van der Waals surface area contributed by atoms with Gasteiger partial charge in [-0.25, -0.2) is 0 Å². The third-order valence-electron chi connectivity index (χ3n) is 4.90. The van der Waals surface area contributed by atoms with Crippen molar-refractivity contribution >= 4 is 28.8 Å². The van der Waals surface area contributed by atoms with Gasteiger partial charge in [0.05, 0.1) is 11.5 Å². The molecule has 1 aliphatic rings. The van der Waals surface area contributed by atoms with Crippen LogP contribution in [0.1, 0.15) is 29.4 Å². The second kappa shape index (κ2) is 10.2. The van der Waals surface area contributed by atoms with E-state index >= 15 is 0 Å². The molecule has 0 spiro atoms. The quantitative estimate of drug-likeness (QED) is 0.526. The maximum atomic E-state index is 13.1. The van der Waals surface area contributed by atoms with E-state index in [2.05, 4.69) is 17.3 Å². The highest BCUT2D eigenvalue weighted by Crippen LogP contribution is 2.22. The molecule has 2 N–H and O–H groups in total. The molecule has 2 heterocycles. The third-order valence-corrected chi connectivity index (χ3v) is 5.76. The van der Waals surface area contributed by atoms with Crippen molar-refractivity contribution in [2.24, 2.45) is 0 Å². The fourth-order valence-corrected chi connectivity index (χ4v) is 4.04. The summed E-state index contributed by atoms with van der Waals surface area (Å²) in [7, 11) is 2.09. The molecule has 1 aliphatic heterocycles. The number of rotatable bonds is 7. The highest BCUT2D eigenvalue weighted by molar-refractivity contribution is 7.12. The maximum absolute atomic E-state index is 13.1. The number of nitrogens with zero attached hydrogens (tertiary/aromatic N) is 2. The van der Waals surface area contributed by atoms with Gasteiger partial charge in [-0.1, -0.05) is 12.1 Å². The molecule has 6 nitrogen and oxygen atoms in total. The van der Waals surface area contributed by atoms with E-state index in [9.17, 15) is 4.79 Å². The zero-order valence-corrected chi connectivity index (χ0v) is 17.7. The summed E-state index contributed by atoms with van der Waals surface area (Å²) in [6, 6.07) is 11.4. The first-order chi connectivity index (χ1) is 14.1. The Morgan fingerprint density at radius 1 is 1.34 bits per heavy atom. The monoisotopic (exact) mass is 412 g/mol. The van der Waals surface area contributed by atoms with E-state index in [4.69, 9.17) is 10.1 Å². The number of anilines is 1. The average Bonchev–Trinajstić information content (AvgIpc) is 3.25. The molecule has 0 aliphatic carbocycles. The molecular formula is C22H28N4O2S. The zero-order chi connectivity index (χ0) is 20.6. The lowest BCUT2D eigenvalue weighted by Gasteiger charge is -2.36. The number of amides is 1. The van der Waals surface area contributed by atoms with Gasteiger partial charge in [0.25, 0.3) is 5.91 Å². The van der Waals surface area contributed by atoms with E-state index in [-0.39, 0.29) is 17.8 Å². The third kappa shape index (κ3) is 5.68. The molecule has 0 radical (unpaired) electrons. The first-order valence-electron chi connectivity index (χ1n) is 9.88. The van der Waals surface area contributed by atoms with E-state index in [1.165, 1.54) is 11.3 Å². The van der Waals surface area contributed by atoms with Crippen LogP contribution in [0.4, 0.5) is 5.69 Å². The number of amidine groups is 1. The van der Waals surface area contributed by atoms with E-state index in [0.29, 0.717) is 11.5 Å². The number of benzene rings is 1. The lowest BCUT2D eigenvalue weighted by molar-refractivity contribution is 0.0753. The van der Waals surface area contributed by atoms with Gasteiger partial charge < -0.3 is 15.0 Å². The first-order valence-corrected chi connectivity index (χ1v) is 10.8. The van der Waals surface area contributed by atoms with Crippen molar-refractivity contribution in [3.05, 3.63) is 58.9 Å². The van der Waals surface area contributed by atoms with Crippen molar-refractivity contribution in [2.45, 2.75) is 25.8 Å². The molecule has 1 amide bonds. The van der Waals surface area contributed by atoms with Crippen molar-refractivity contribution in [3.8, 4) is 5.75 Å². The van der Waals surface area contributed by atoms with Gasteiger partial charge in [0, 0.05) is 24.0 Å². The predicted molar refractivity (Wildman–Crippen MR) is 119 cm³/mol. The van der Waals surface area contributed by atoms with Gasteiger partial charge in [-0.3, -0.25) is 15.1 Å². The molecule has 3 rings (SSSR count). The standard InChI is InChI=1S/C22H28N4O2S/c1-3-28-19-7-4-6-17(16-19)24-12-9-21(23)26(18-10-13-25(2)14-11-18)22(27)20-8-5-15-29-20/h4-9,12,15-16,18,23-24H,3,10-11,13-14H2,1-2H3/b12-9-,23-21?. The van der Waals surface area contributed by atoms with E-state index in [0.717, 1.165) is 37.4 Å². The summed E-state index contributed by atoms with van der Waals surface area (Å²) in [4.78, 5) is 17.7. The largest absolute Gasteiger partial charge is 0.494 e. The number of likely N-dealkylation sites (tertiary alicyclic amines) is 1. The van der Waals surface area contributed by atoms with Gasteiger partial charge in [-0.15, -0.1) is 11.3 Å². The van der Waals surface area contributed by atoms with Crippen LogP contribution >= 0.6 is 11.3 Å². The van der Waals surface area contributed by atoms with Crippen molar-refractivity contribution in [1.82, 2.24) is 9.80 Å². The minimum absolute atomic E-state index is 0.0410. The summed E-state index contributed by atoms with van der Waals surface area (Å²) in [5.41, 5.74) is 0.871. The fraction of sp³-hybridized carbons (Fsp3) is 0.364. The normalized spacial score (nSPS) is 15.4. The van der Waals surface area contributed by atoms with E-state index in [1.807, 2.05) is 48.7 Å². The number of thiophene rings is 1. The Bertz CT molecular complexity index is 842. The second-order valence-corrected chi connectivity index (χ2v) is 7.96. The molecule has 0 atom stereocenters. The highest BCUT2D eigenvalue weighted by Gasteiger charge is 2.30. The number of hydrogen-bond donors (Lipinski definition) is 2. The van der Waals surface area contributed by atoms with Crippen LogP contribution in [-0.4, -0.2) is 54.3 Å². The van der Waals surface area contributed by atoms with Gasteiger partial charge in [0.15, 0.2) is 0 Å². The smallest absolute Gasteiger partial charge is 0.269 e. The van der Waals surface area contributed by atoms with Crippen molar-refractivity contribution < 1.29 is 9.53 Å². The summed E-state index contributed by atoms with van der Waals surface area (Å²) in [5.74, 6) is 0.899. The maximum Gasteiger partial charge on any atom is 0.269 e. The van der Waals surface area contributed by atoms with Crippen molar-refractivity contribution in [2.75, 3.05) is 32.1 Å². The molecule has 1 fully saturated rings. The summed E-state index contributed by atoms with van der Waals surface area (Å²) in [5, 5.41) is 13.6. The molecule has 1 aromatic carbocycles. The fourth-order valence-electron chi connectivity index (χ4n) is 3.38. The van der Waals surface area contributed by atoms with Crippen LogP contribution in [0.25, 0.3) is 0 Å². The summed E-state index contributed by atoms with van der Waals surface area (Å²) in [6.45, 7) is 4.42. The Labute approximate surface area is 176 Å². The average molecular weight is 413 g/mol. The Balaban J connectivity index is 1.71. The van der Waals surface area contributed by atoms with Crippen molar-refractivity contribution in [3.63, 3.8) is 0 Å². The number of hydrogen-bond acceptors (Lipinski definition) is 6. The van der Waals surface area contributed by atoms with Gasteiger partial charge in [-0.05, 0) is 69.6 Å². The van der Waals surface area contributed by atoms with Crippen LogP contribution in [0.15, 0.2) is 54.1 Å². The Morgan fingerprint density at radius 2 is 2.14 bits per heavy atom. The topological polar surface area (TPSA) is 68.7 Å². The van der Waals surface area contributed by atoms with Crippen LogP contribution in [0.5, 0.6) is 5.75 Å². The van der Waals surface area contributed by atoms with Gasteiger partial charge in [0.1, 0.15) is 11.6 Å². The van der Waals surface area contributed by atoms with Gasteiger partial charge >= 0.3 is 0 Å². The summed E-state index contributed by atoms with van der Waals surface area (Å²) < 4.78 is 5.51. The lowest BCUT2D eigenvalue weighted by atomic mass is 10.0. The van der Waals surface area contributed by atoms with E-state index < -0.39 is 0 Å². The molecular weight excluding hydrogens is 384 g/mol. The molecule has 154 valence electrons. The van der Waals surface area contributed by atoms with Gasteiger partial charge in [0.2, 0.25) is 0 Å². The Morgan fingerprint density at radius 3 is 2.83 bits per heavy atom. The summed E-state index contributed by atoms with van der Waals surface area (Å²) in [6.07, 6.45) is 5.09. The molecule has 0 unspecified atom stereocenters. The van der Waals surface area contributed by atoms with Gasteiger partial charge in [-0.2, -0.15) is 0 Å². The van der Waals surface area contributed by atoms with Crippen LogP contribution in [0, 0.1) is 5.41 Å². The highest BCUT2D eigenvalue weighted by atomic mass is 32.1. The van der Waals surface area contributed by atoms with E-state index in [1.54, 1.807) is 17.2 Å². The Kier molecular flexibility index (Phi) is 7.43. The molecule has 1 aromatic heterocycles. The predicted octanol–water partition coefficient (Wildman–Crippen LogP) is 4.29. The zero-order valence-electron chi connectivity index (χ0n) is 16.9. The first kappa shape index (κ1) is 21.1. The Hall–Kier alpha value is -2.64. The number of ether oxygens (including phenoxy) is 1. The second-order valence-electron chi connectivity index (χ2n) is 7.01. The van der Waals surface area contributed by atoms with Crippen LogP contribution < -0.4 is 10.1 Å². The molecule has 29 heavy (non-hydrogen) atoms. The number of nitrogens with one attached hydrogen (secondary N) is 2. The molecule has 1 saturated heterocycles. The number of piperidine rings is 1. The minimum Gasteiger partial charge on any atom is -0.494 e. The summed E-state index contributed by atoms with van der Waals surface area (Å²) >= 11 is 1.42. The lowest BCUT2D eigenvalue weighted by Crippen LogP contribution is -2.48. The number of carbonyl (C=O) groups is 1. The molecule has 2 aromatic rings. The van der Waals surface area contributed by atoms with Crippen LogP contribution in [0.2, 0.25) is 0 Å². The molecule has 0 saturated carbocycles. The van der Waals surface area contributed by atoms with Crippen LogP contribution in [0.3, 0.4) is 0 Å². The number of carbonyl (C=O) groups excluding carboxylic acids is 1. The SMILES string of the molecule is CCOc1cccc(N/C=C\C(=N)N(C(=O)c2cccs2)C2CCN(C)CC2)c1. The molecule has 7 heteroatoms. The van der Waals surface area contributed by atoms with Crippen LogP contribution in [-0.2, 0) is 0 Å². The molecule has 0 bridgehead atoms. The van der Waals surface area contributed by atoms with Crippen molar-refractivity contribution in [1.29, 1.82) is 5.41 Å². The minimum atomic E-state index is -0.0949.